The second-order valence-electron chi connectivity index (χ2n) is 4.44. The summed E-state index contributed by atoms with van der Waals surface area (Å²) in [4.78, 5) is 8.35. The van der Waals surface area contributed by atoms with Gasteiger partial charge in [0.2, 0.25) is 0 Å². The molecule has 21 heavy (non-hydrogen) atoms. The molecule has 6 heteroatoms. The van der Waals surface area contributed by atoms with E-state index >= 15 is 0 Å². The van der Waals surface area contributed by atoms with Crippen molar-refractivity contribution in [3.63, 3.8) is 0 Å². The third kappa shape index (κ3) is 2.51. The normalized spacial score (nSPS) is 10.5. The summed E-state index contributed by atoms with van der Waals surface area (Å²) in [5.74, 6) is 1.13. The number of nitrogens with zero attached hydrogens (tertiary/aromatic N) is 2. The van der Waals surface area contributed by atoms with Crippen molar-refractivity contribution in [2.45, 2.75) is 0 Å². The van der Waals surface area contributed by atoms with Crippen LogP contribution in [0.25, 0.3) is 10.9 Å². The van der Waals surface area contributed by atoms with E-state index in [0.717, 1.165) is 5.69 Å². The number of ether oxygens (including phenoxy) is 1. The van der Waals surface area contributed by atoms with Gasteiger partial charge in [-0.3, -0.25) is 0 Å². The van der Waals surface area contributed by atoms with E-state index in [1.54, 1.807) is 36.4 Å². The minimum atomic E-state index is 0.0218. The maximum atomic E-state index is 9.89. The van der Waals surface area contributed by atoms with Crippen molar-refractivity contribution in [3.05, 3.63) is 42.7 Å². The molecular weight excluding hydrogens is 270 g/mol. The van der Waals surface area contributed by atoms with Gasteiger partial charge in [0.25, 0.3) is 0 Å². The van der Waals surface area contributed by atoms with Crippen LogP contribution in [0.2, 0.25) is 0 Å². The molecule has 0 bridgehead atoms. The molecule has 0 amide bonds. The predicted octanol–water partition coefficient (Wildman–Crippen LogP) is 2.79. The molecule has 0 saturated heterocycles. The topological polar surface area (TPSA) is 87.5 Å². The maximum Gasteiger partial charge on any atom is 0.162 e. The lowest BCUT2D eigenvalue weighted by atomic mass is 10.2. The molecule has 3 aromatic rings. The van der Waals surface area contributed by atoms with Crippen LogP contribution in [0.3, 0.4) is 0 Å². The number of fused-ring (bicyclic) bond motifs is 1. The van der Waals surface area contributed by atoms with Gasteiger partial charge >= 0.3 is 0 Å². The lowest BCUT2D eigenvalue weighted by Crippen LogP contribution is -1.96. The molecule has 0 atom stereocenters. The van der Waals surface area contributed by atoms with Crippen LogP contribution in [0.1, 0.15) is 0 Å². The molecule has 3 N–H and O–H groups in total. The molecule has 6 nitrogen and oxygen atoms in total. The first-order valence-corrected chi connectivity index (χ1v) is 6.25. The summed E-state index contributed by atoms with van der Waals surface area (Å²) in [6.45, 7) is 0. The van der Waals surface area contributed by atoms with E-state index in [-0.39, 0.29) is 11.5 Å². The van der Waals surface area contributed by atoms with Gasteiger partial charge in [-0.15, -0.1) is 0 Å². The van der Waals surface area contributed by atoms with Crippen molar-refractivity contribution in [1.29, 1.82) is 0 Å². The van der Waals surface area contributed by atoms with Gasteiger partial charge in [0.1, 0.15) is 17.9 Å². The Morgan fingerprint density at radius 2 is 1.81 bits per heavy atom. The molecule has 2 aromatic carbocycles. The first kappa shape index (κ1) is 13.0. The van der Waals surface area contributed by atoms with Gasteiger partial charge in [-0.25, -0.2) is 9.97 Å². The minimum absolute atomic E-state index is 0.0218. The van der Waals surface area contributed by atoms with Crippen LogP contribution >= 0.6 is 0 Å². The minimum Gasteiger partial charge on any atom is -0.508 e. The average molecular weight is 283 g/mol. The van der Waals surface area contributed by atoms with E-state index in [2.05, 4.69) is 15.3 Å². The first-order valence-electron chi connectivity index (χ1n) is 6.25. The summed E-state index contributed by atoms with van der Waals surface area (Å²) in [7, 11) is 1.48. The number of hydrogen-bond acceptors (Lipinski definition) is 6. The van der Waals surface area contributed by atoms with E-state index in [1.807, 2.05) is 0 Å². The third-order valence-corrected chi connectivity index (χ3v) is 3.07. The summed E-state index contributed by atoms with van der Waals surface area (Å²) in [5, 5.41) is 23.0. The van der Waals surface area contributed by atoms with Crippen LogP contribution in [0.5, 0.6) is 17.2 Å². The largest absolute Gasteiger partial charge is 0.508 e. The van der Waals surface area contributed by atoms with Crippen LogP contribution in [0, 0.1) is 0 Å². The molecule has 0 saturated carbocycles. The lowest BCUT2D eigenvalue weighted by molar-refractivity contribution is 0.374. The number of rotatable bonds is 3. The zero-order valence-electron chi connectivity index (χ0n) is 11.2. The number of benzene rings is 2. The van der Waals surface area contributed by atoms with Gasteiger partial charge in [-0.2, -0.15) is 0 Å². The Kier molecular flexibility index (Phi) is 3.19. The molecule has 106 valence electrons. The Hall–Kier alpha value is -3.02. The molecule has 1 heterocycles. The van der Waals surface area contributed by atoms with Crippen LogP contribution in [-0.2, 0) is 0 Å². The van der Waals surface area contributed by atoms with Gasteiger partial charge < -0.3 is 20.3 Å². The Bertz CT molecular complexity index is 788. The third-order valence-electron chi connectivity index (χ3n) is 3.07. The second-order valence-corrected chi connectivity index (χ2v) is 4.44. The molecule has 0 radical (unpaired) electrons. The van der Waals surface area contributed by atoms with Crippen molar-refractivity contribution in [1.82, 2.24) is 9.97 Å². The molecular formula is C15H13N3O3. The Labute approximate surface area is 120 Å². The quantitative estimate of drug-likeness (QED) is 0.641. The van der Waals surface area contributed by atoms with Crippen molar-refractivity contribution >= 4 is 22.4 Å². The lowest BCUT2D eigenvalue weighted by Gasteiger charge is -2.10. The average Bonchev–Trinajstić information content (AvgIpc) is 2.49. The number of anilines is 2. The van der Waals surface area contributed by atoms with Crippen molar-refractivity contribution in [2.24, 2.45) is 0 Å². The molecule has 0 aliphatic heterocycles. The molecule has 1 aromatic heterocycles. The monoisotopic (exact) mass is 283 g/mol. The molecule has 0 fully saturated rings. The summed E-state index contributed by atoms with van der Waals surface area (Å²) in [5.41, 5.74) is 1.42. The number of nitrogens with one attached hydrogen (secondary N) is 1. The highest BCUT2D eigenvalue weighted by atomic mass is 16.5. The zero-order chi connectivity index (χ0) is 14.8. The van der Waals surface area contributed by atoms with E-state index in [0.29, 0.717) is 22.5 Å². The van der Waals surface area contributed by atoms with Crippen LogP contribution < -0.4 is 10.1 Å². The van der Waals surface area contributed by atoms with Crippen molar-refractivity contribution in [3.8, 4) is 17.2 Å². The van der Waals surface area contributed by atoms with Gasteiger partial charge in [0.05, 0.1) is 12.6 Å². The highest BCUT2D eigenvalue weighted by Gasteiger charge is 2.09. The summed E-state index contributed by atoms with van der Waals surface area (Å²) in [6, 6.07) is 9.81. The van der Waals surface area contributed by atoms with E-state index in [1.165, 1.54) is 13.4 Å². The molecule has 0 aliphatic carbocycles. The fourth-order valence-electron chi connectivity index (χ4n) is 2.02. The second kappa shape index (κ2) is 5.16. The Balaban J connectivity index is 2.06. The standard InChI is InChI=1S/C15H13N3O3/c1-21-14-7-12-11(6-13(14)20)15(17-8-16-12)18-9-2-4-10(19)5-3-9/h2-8,19-20H,1H3,(H,16,17,18). The number of phenols is 2. The maximum absolute atomic E-state index is 9.89. The van der Waals surface area contributed by atoms with Crippen LogP contribution in [0.15, 0.2) is 42.7 Å². The summed E-state index contributed by atoms with van der Waals surface area (Å²) in [6.07, 6.45) is 1.43. The summed E-state index contributed by atoms with van der Waals surface area (Å²) >= 11 is 0. The highest BCUT2D eigenvalue weighted by Crippen LogP contribution is 2.33. The highest BCUT2D eigenvalue weighted by molar-refractivity contribution is 5.92. The van der Waals surface area contributed by atoms with Crippen molar-refractivity contribution < 1.29 is 14.9 Å². The fraction of sp³-hybridized carbons (Fsp3) is 0.0667. The molecule has 0 spiro atoms. The van der Waals surface area contributed by atoms with Gasteiger partial charge in [0.15, 0.2) is 11.5 Å². The smallest absolute Gasteiger partial charge is 0.162 e. The van der Waals surface area contributed by atoms with Crippen molar-refractivity contribution in [2.75, 3.05) is 12.4 Å². The molecule has 3 rings (SSSR count). The number of methoxy groups -OCH3 is 1. The SMILES string of the molecule is COc1cc2ncnc(Nc3ccc(O)cc3)c2cc1O. The van der Waals surface area contributed by atoms with Crippen LogP contribution in [0.4, 0.5) is 11.5 Å². The van der Waals surface area contributed by atoms with Gasteiger partial charge in [-0.05, 0) is 30.3 Å². The fourth-order valence-corrected chi connectivity index (χ4v) is 2.02. The number of hydrogen-bond donors (Lipinski definition) is 3. The Morgan fingerprint density at radius 1 is 1.05 bits per heavy atom. The van der Waals surface area contributed by atoms with Crippen LogP contribution in [-0.4, -0.2) is 27.3 Å². The van der Waals surface area contributed by atoms with E-state index in [9.17, 15) is 10.2 Å². The van der Waals surface area contributed by atoms with Gasteiger partial charge in [-0.1, -0.05) is 0 Å². The van der Waals surface area contributed by atoms with Gasteiger partial charge in [0, 0.05) is 17.1 Å². The number of aromatic nitrogens is 2. The number of aromatic hydroxyl groups is 2. The van der Waals surface area contributed by atoms with E-state index < -0.39 is 0 Å². The Morgan fingerprint density at radius 3 is 2.52 bits per heavy atom. The summed E-state index contributed by atoms with van der Waals surface area (Å²) < 4.78 is 5.07. The predicted molar refractivity (Wildman–Crippen MR) is 79.1 cm³/mol. The first-order chi connectivity index (χ1) is 10.2. The molecule has 0 unspecified atom stereocenters. The number of phenolic OH excluding ortho intramolecular Hbond substituents is 2. The molecule has 0 aliphatic rings. The zero-order valence-corrected chi connectivity index (χ0v) is 11.2. The van der Waals surface area contributed by atoms with E-state index in [4.69, 9.17) is 4.74 Å².